The van der Waals surface area contributed by atoms with Crippen molar-refractivity contribution in [2.45, 2.75) is 33.8 Å². The van der Waals surface area contributed by atoms with Crippen molar-refractivity contribution in [2.24, 2.45) is 0 Å². The number of carbonyl (C=O) groups is 2. The van der Waals surface area contributed by atoms with Crippen molar-refractivity contribution in [3.8, 4) is 0 Å². The number of hydrogen-bond donors (Lipinski definition) is 1. The SMILES string of the molecule is Cc1ccc(NC(=O)[C@@H](C)OC(=O)c2ccc([N+](=O)[O-])c(C)c2)c(C)c1. The van der Waals surface area contributed by atoms with Gasteiger partial charge in [-0.05, 0) is 51.5 Å². The lowest BCUT2D eigenvalue weighted by molar-refractivity contribution is -0.385. The molecule has 2 aromatic carbocycles. The van der Waals surface area contributed by atoms with E-state index in [0.717, 1.165) is 11.1 Å². The molecule has 0 heterocycles. The van der Waals surface area contributed by atoms with Gasteiger partial charge in [-0.1, -0.05) is 17.7 Å². The lowest BCUT2D eigenvalue weighted by Gasteiger charge is -2.15. The molecule has 1 N–H and O–H groups in total. The summed E-state index contributed by atoms with van der Waals surface area (Å²) in [5, 5.41) is 13.6. The average molecular weight is 356 g/mol. The number of amides is 1. The topological polar surface area (TPSA) is 98.5 Å². The largest absolute Gasteiger partial charge is 0.449 e. The molecule has 26 heavy (non-hydrogen) atoms. The monoisotopic (exact) mass is 356 g/mol. The Bertz CT molecular complexity index is 876. The third-order valence-electron chi connectivity index (χ3n) is 3.92. The maximum absolute atomic E-state index is 12.2. The summed E-state index contributed by atoms with van der Waals surface area (Å²) in [6.07, 6.45) is -1.02. The van der Waals surface area contributed by atoms with E-state index in [9.17, 15) is 19.7 Å². The molecule has 0 aliphatic rings. The van der Waals surface area contributed by atoms with Gasteiger partial charge < -0.3 is 10.1 Å². The zero-order chi connectivity index (χ0) is 19.4. The Morgan fingerprint density at radius 3 is 2.35 bits per heavy atom. The predicted octanol–water partition coefficient (Wildman–Crippen LogP) is 3.70. The van der Waals surface area contributed by atoms with E-state index in [-0.39, 0.29) is 11.3 Å². The van der Waals surface area contributed by atoms with E-state index in [2.05, 4.69) is 5.32 Å². The molecule has 0 saturated carbocycles. The summed E-state index contributed by atoms with van der Waals surface area (Å²) in [5.41, 5.74) is 3.05. The van der Waals surface area contributed by atoms with E-state index < -0.39 is 22.9 Å². The Kier molecular flexibility index (Phi) is 5.71. The number of anilines is 1. The van der Waals surface area contributed by atoms with Crippen LogP contribution in [0.25, 0.3) is 0 Å². The average Bonchev–Trinajstić information content (AvgIpc) is 2.56. The van der Waals surface area contributed by atoms with Gasteiger partial charge in [-0.3, -0.25) is 14.9 Å². The fourth-order valence-electron chi connectivity index (χ4n) is 2.46. The number of aryl methyl sites for hydroxylation is 3. The van der Waals surface area contributed by atoms with Crippen molar-refractivity contribution in [1.29, 1.82) is 0 Å². The zero-order valence-electron chi connectivity index (χ0n) is 15.0. The van der Waals surface area contributed by atoms with Crippen LogP contribution < -0.4 is 5.32 Å². The number of ether oxygens (including phenoxy) is 1. The number of carbonyl (C=O) groups excluding carboxylic acids is 2. The molecule has 0 aliphatic carbocycles. The molecule has 2 rings (SSSR count). The fraction of sp³-hybridized carbons (Fsp3) is 0.263. The summed E-state index contributed by atoms with van der Waals surface area (Å²) in [6.45, 7) is 6.83. The van der Waals surface area contributed by atoms with Gasteiger partial charge in [-0.2, -0.15) is 0 Å². The number of nitro groups is 1. The Morgan fingerprint density at radius 1 is 1.08 bits per heavy atom. The Labute approximate surface area is 151 Å². The van der Waals surface area contributed by atoms with Gasteiger partial charge in [0.25, 0.3) is 11.6 Å². The lowest BCUT2D eigenvalue weighted by Crippen LogP contribution is -2.30. The Balaban J connectivity index is 2.05. The third kappa shape index (κ3) is 4.44. The van der Waals surface area contributed by atoms with Crippen LogP contribution >= 0.6 is 0 Å². The number of nitrogens with one attached hydrogen (secondary N) is 1. The predicted molar refractivity (Wildman–Crippen MR) is 97.3 cm³/mol. The number of rotatable bonds is 5. The summed E-state index contributed by atoms with van der Waals surface area (Å²) in [7, 11) is 0. The minimum absolute atomic E-state index is 0.0813. The van der Waals surface area contributed by atoms with Gasteiger partial charge in [0.2, 0.25) is 0 Å². The summed E-state index contributed by atoms with van der Waals surface area (Å²) < 4.78 is 5.17. The molecule has 7 nitrogen and oxygen atoms in total. The second-order valence-electron chi connectivity index (χ2n) is 6.11. The molecule has 1 amide bonds. The van der Waals surface area contributed by atoms with Gasteiger partial charge in [0.1, 0.15) is 0 Å². The number of nitro benzene ring substituents is 1. The number of benzene rings is 2. The molecule has 0 spiro atoms. The van der Waals surface area contributed by atoms with Gasteiger partial charge in [-0.15, -0.1) is 0 Å². The maximum atomic E-state index is 12.2. The maximum Gasteiger partial charge on any atom is 0.338 e. The van der Waals surface area contributed by atoms with Crippen molar-refractivity contribution in [1.82, 2.24) is 0 Å². The van der Waals surface area contributed by atoms with Gasteiger partial charge >= 0.3 is 5.97 Å². The van der Waals surface area contributed by atoms with E-state index in [4.69, 9.17) is 4.74 Å². The molecule has 0 saturated heterocycles. The first-order valence-corrected chi connectivity index (χ1v) is 8.03. The van der Waals surface area contributed by atoms with Crippen molar-refractivity contribution >= 4 is 23.3 Å². The van der Waals surface area contributed by atoms with Crippen LogP contribution in [0.2, 0.25) is 0 Å². The molecule has 0 fully saturated rings. The molecule has 0 unspecified atom stereocenters. The fourth-order valence-corrected chi connectivity index (χ4v) is 2.46. The molecule has 0 bridgehead atoms. The molecule has 0 aromatic heterocycles. The van der Waals surface area contributed by atoms with E-state index >= 15 is 0 Å². The first kappa shape index (κ1) is 19.1. The highest BCUT2D eigenvalue weighted by atomic mass is 16.6. The first-order valence-electron chi connectivity index (χ1n) is 8.03. The van der Waals surface area contributed by atoms with E-state index in [1.165, 1.54) is 32.0 Å². The minimum Gasteiger partial charge on any atom is -0.449 e. The highest BCUT2D eigenvalue weighted by Gasteiger charge is 2.21. The van der Waals surface area contributed by atoms with Crippen LogP contribution in [0.3, 0.4) is 0 Å². The number of hydrogen-bond acceptors (Lipinski definition) is 5. The smallest absolute Gasteiger partial charge is 0.338 e. The van der Waals surface area contributed by atoms with Crippen LogP contribution in [0, 0.1) is 30.9 Å². The van der Waals surface area contributed by atoms with Crippen LogP contribution in [-0.4, -0.2) is 22.9 Å². The van der Waals surface area contributed by atoms with Crippen LogP contribution in [0.15, 0.2) is 36.4 Å². The molecule has 0 aliphatic heterocycles. The van der Waals surface area contributed by atoms with Crippen molar-refractivity contribution in [3.05, 3.63) is 68.8 Å². The normalized spacial score (nSPS) is 11.5. The van der Waals surface area contributed by atoms with Gasteiger partial charge in [0, 0.05) is 17.3 Å². The molecular weight excluding hydrogens is 336 g/mol. The first-order chi connectivity index (χ1) is 12.2. The molecule has 2 aromatic rings. The molecule has 7 heteroatoms. The summed E-state index contributed by atoms with van der Waals surface area (Å²) in [6, 6.07) is 9.52. The molecular formula is C19H20N2O5. The molecule has 0 radical (unpaired) electrons. The van der Waals surface area contributed by atoms with E-state index in [1.807, 2.05) is 26.0 Å². The van der Waals surface area contributed by atoms with Gasteiger partial charge in [-0.25, -0.2) is 4.79 Å². The van der Waals surface area contributed by atoms with Crippen molar-refractivity contribution in [2.75, 3.05) is 5.32 Å². The second-order valence-corrected chi connectivity index (χ2v) is 6.11. The molecule has 1 atom stereocenters. The third-order valence-corrected chi connectivity index (χ3v) is 3.92. The van der Waals surface area contributed by atoms with E-state index in [1.54, 1.807) is 6.07 Å². The minimum atomic E-state index is -1.02. The zero-order valence-corrected chi connectivity index (χ0v) is 15.0. The Hall–Kier alpha value is -3.22. The van der Waals surface area contributed by atoms with Crippen LogP contribution in [-0.2, 0) is 9.53 Å². The van der Waals surface area contributed by atoms with Crippen LogP contribution in [0.5, 0.6) is 0 Å². The van der Waals surface area contributed by atoms with Crippen molar-refractivity contribution < 1.29 is 19.2 Å². The van der Waals surface area contributed by atoms with E-state index in [0.29, 0.717) is 11.3 Å². The van der Waals surface area contributed by atoms with Gasteiger partial charge in [0.05, 0.1) is 10.5 Å². The number of nitrogens with zero attached hydrogens (tertiary/aromatic N) is 1. The highest BCUT2D eigenvalue weighted by molar-refractivity contribution is 5.97. The van der Waals surface area contributed by atoms with Crippen LogP contribution in [0.4, 0.5) is 11.4 Å². The summed E-state index contributed by atoms with van der Waals surface area (Å²) >= 11 is 0. The molecule has 136 valence electrons. The second kappa shape index (κ2) is 7.77. The van der Waals surface area contributed by atoms with Crippen molar-refractivity contribution in [3.63, 3.8) is 0 Å². The summed E-state index contributed by atoms with van der Waals surface area (Å²) in [5.74, 6) is -1.17. The standard InChI is InChI=1S/C19H20N2O5/c1-11-5-7-16(12(2)9-11)20-18(22)14(4)26-19(23)15-6-8-17(21(24)25)13(3)10-15/h5-10,14H,1-4H3,(H,20,22)/t14-/m1/s1. The Morgan fingerprint density at radius 2 is 1.77 bits per heavy atom. The van der Waals surface area contributed by atoms with Gasteiger partial charge in [0.15, 0.2) is 6.10 Å². The highest BCUT2D eigenvalue weighted by Crippen LogP contribution is 2.20. The van der Waals surface area contributed by atoms with Crippen LogP contribution in [0.1, 0.15) is 34.0 Å². The number of esters is 1. The lowest BCUT2D eigenvalue weighted by atomic mass is 10.1. The quantitative estimate of drug-likeness (QED) is 0.500. The summed E-state index contributed by atoms with van der Waals surface area (Å²) in [4.78, 5) is 34.7.